The number of alkyl halides is 1. The van der Waals surface area contributed by atoms with Gasteiger partial charge >= 0.3 is 0 Å². The molecule has 0 heterocycles. The Bertz CT molecular complexity index is 602. The van der Waals surface area contributed by atoms with E-state index in [0.29, 0.717) is 10.0 Å². The summed E-state index contributed by atoms with van der Waals surface area (Å²) in [4.78, 5) is -0.0732. The summed E-state index contributed by atoms with van der Waals surface area (Å²) < 4.78 is 6.01. The lowest BCUT2D eigenvalue weighted by Gasteiger charge is -2.15. The van der Waals surface area contributed by atoms with Crippen LogP contribution in [0.5, 0.6) is 5.75 Å². The molecule has 1 nitrogen and oxygen atoms in total. The Kier molecular flexibility index (Phi) is 5.18. The standard InChI is InChI=1S/C14H10Br2Cl2O/c1-19-8-5-6-9(12(17)7-8)13(16)10-3-2-4-11(15)14(10)18/h2-7,13H,1H3. The summed E-state index contributed by atoms with van der Waals surface area (Å²) >= 11 is 19.7. The molecule has 0 aliphatic heterocycles. The summed E-state index contributed by atoms with van der Waals surface area (Å²) in [7, 11) is 1.61. The molecule has 0 spiro atoms. The van der Waals surface area contributed by atoms with E-state index in [9.17, 15) is 0 Å². The zero-order chi connectivity index (χ0) is 14.0. The molecule has 0 saturated heterocycles. The van der Waals surface area contributed by atoms with E-state index in [1.54, 1.807) is 13.2 Å². The predicted octanol–water partition coefficient (Wildman–Crippen LogP) is 6.25. The van der Waals surface area contributed by atoms with Crippen LogP contribution in [-0.2, 0) is 0 Å². The van der Waals surface area contributed by atoms with E-state index in [0.717, 1.165) is 21.3 Å². The highest BCUT2D eigenvalue weighted by Gasteiger charge is 2.18. The second-order valence-electron chi connectivity index (χ2n) is 3.89. The molecule has 5 heteroatoms. The summed E-state index contributed by atoms with van der Waals surface area (Å²) in [6.45, 7) is 0. The Labute approximate surface area is 139 Å². The Hall–Kier alpha value is -0.220. The van der Waals surface area contributed by atoms with E-state index in [1.807, 2.05) is 30.3 Å². The maximum Gasteiger partial charge on any atom is 0.120 e. The van der Waals surface area contributed by atoms with Gasteiger partial charge in [0, 0.05) is 9.50 Å². The quantitative estimate of drug-likeness (QED) is 0.529. The van der Waals surface area contributed by atoms with Crippen molar-refractivity contribution in [2.75, 3.05) is 7.11 Å². The van der Waals surface area contributed by atoms with Gasteiger partial charge in [-0.1, -0.05) is 57.3 Å². The summed E-state index contributed by atoms with van der Waals surface area (Å²) in [5.41, 5.74) is 1.91. The predicted molar refractivity (Wildman–Crippen MR) is 87.9 cm³/mol. The molecule has 0 aliphatic carbocycles. The molecule has 2 rings (SSSR count). The third-order valence-electron chi connectivity index (χ3n) is 2.74. The molecule has 2 aromatic carbocycles. The number of benzene rings is 2. The lowest BCUT2D eigenvalue weighted by molar-refractivity contribution is 0.414. The van der Waals surface area contributed by atoms with Crippen LogP contribution in [0.4, 0.5) is 0 Å². The van der Waals surface area contributed by atoms with E-state index >= 15 is 0 Å². The molecule has 1 unspecified atom stereocenters. The van der Waals surface area contributed by atoms with Crippen LogP contribution >= 0.6 is 55.1 Å². The molecule has 100 valence electrons. The van der Waals surface area contributed by atoms with Crippen molar-refractivity contribution in [2.24, 2.45) is 0 Å². The van der Waals surface area contributed by atoms with Crippen LogP contribution in [0.1, 0.15) is 16.0 Å². The van der Waals surface area contributed by atoms with Crippen molar-refractivity contribution in [3.8, 4) is 5.75 Å². The van der Waals surface area contributed by atoms with Crippen LogP contribution in [0.25, 0.3) is 0 Å². The van der Waals surface area contributed by atoms with E-state index in [4.69, 9.17) is 27.9 Å². The molecule has 0 bridgehead atoms. The van der Waals surface area contributed by atoms with Crippen molar-refractivity contribution < 1.29 is 4.74 Å². The maximum absolute atomic E-state index is 6.30. The number of hydrogen-bond acceptors (Lipinski definition) is 1. The van der Waals surface area contributed by atoms with Gasteiger partial charge in [-0.05, 0) is 45.3 Å². The minimum atomic E-state index is -0.0732. The fraction of sp³-hybridized carbons (Fsp3) is 0.143. The largest absolute Gasteiger partial charge is 0.497 e. The molecular formula is C14H10Br2Cl2O. The van der Waals surface area contributed by atoms with E-state index in [2.05, 4.69) is 31.9 Å². The normalized spacial score (nSPS) is 12.3. The summed E-state index contributed by atoms with van der Waals surface area (Å²) in [5.74, 6) is 0.730. The zero-order valence-corrected chi connectivity index (χ0v) is 14.6. The number of methoxy groups -OCH3 is 1. The molecular weight excluding hydrogens is 415 g/mol. The average Bonchev–Trinajstić information content (AvgIpc) is 2.41. The van der Waals surface area contributed by atoms with Gasteiger partial charge in [0.1, 0.15) is 5.75 Å². The van der Waals surface area contributed by atoms with Crippen LogP contribution in [0, 0.1) is 0 Å². The Balaban J connectivity index is 2.44. The zero-order valence-electron chi connectivity index (χ0n) is 9.96. The fourth-order valence-electron chi connectivity index (χ4n) is 1.72. The third-order valence-corrected chi connectivity index (χ3v) is 5.36. The highest BCUT2D eigenvalue weighted by molar-refractivity contribution is 9.10. The SMILES string of the molecule is COc1ccc(C(Br)c2cccc(Br)c2Cl)c(Cl)c1. The smallest absolute Gasteiger partial charge is 0.120 e. The van der Waals surface area contributed by atoms with E-state index in [-0.39, 0.29) is 4.83 Å². The van der Waals surface area contributed by atoms with Crippen molar-refractivity contribution in [3.63, 3.8) is 0 Å². The number of hydrogen-bond donors (Lipinski definition) is 0. The highest BCUT2D eigenvalue weighted by atomic mass is 79.9. The molecule has 0 radical (unpaired) electrons. The molecule has 19 heavy (non-hydrogen) atoms. The van der Waals surface area contributed by atoms with Gasteiger partial charge < -0.3 is 4.74 Å². The van der Waals surface area contributed by atoms with Crippen LogP contribution in [0.3, 0.4) is 0 Å². The van der Waals surface area contributed by atoms with Crippen molar-refractivity contribution in [1.82, 2.24) is 0 Å². The first kappa shape index (κ1) is 15.2. The van der Waals surface area contributed by atoms with Crippen molar-refractivity contribution >= 4 is 55.1 Å². The first-order valence-corrected chi connectivity index (χ1v) is 7.92. The number of rotatable bonds is 3. The molecule has 0 fully saturated rings. The highest BCUT2D eigenvalue weighted by Crippen LogP contribution is 2.41. The van der Waals surface area contributed by atoms with Gasteiger partial charge in [-0.2, -0.15) is 0 Å². The lowest BCUT2D eigenvalue weighted by atomic mass is 10.0. The summed E-state index contributed by atoms with van der Waals surface area (Å²) in [5, 5.41) is 1.31. The minimum absolute atomic E-state index is 0.0732. The molecule has 0 N–H and O–H groups in total. The van der Waals surface area contributed by atoms with Gasteiger partial charge in [0.05, 0.1) is 17.0 Å². The van der Waals surface area contributed by atoms with Crippen molar-refractivity contribution in [1.29, 1.82) is 0 Å². The summed E-state index contributed by atoms with van der Waals surface area (Å²) in [6, 6.07) is 11.4. The third kappa shape index (κ3) is 3.27. The molecule has 0 aromatic heterocycles. The Morgan fingerprint density at radius 3 is 2.47 bits per heavy atom. The van der Waals surface area contributed by atoms with E-state index < -0.39 is 0 Å². The molecule has 2 aromatic rings. The van der Waals surface area contributed by atoms with Gasteiger partial charge in [-0.15, -0.1) is 0 Å². The first-order chi connectivity index (χ1) is 9.04. The second-order valence-corrected chi connectivity index (χ2v) is 6.45. The van der Waals surface area contributed by atoms with Gasteiger partial charge in [0.2, 0.25) is 0 Å². The van der Waals surface area contributed by atoms with Crippen LogP contribution in [-0.4, -0.2) is 7.11 Å². The maximum atomic E-state index is 6.30. The van der Waals surface area contributed by atoms with Crippen molar-refractivity contribution in [3.05, 3.63) is 62.0 Å². The molecule has 0 amide bonds. The average molecular weight is 425 g/mol. The summed E-state index contributed by atoms with van der Waals surface area (Å²) in [6.07, 6.45) is 0. The first-order valence-electron chi connectivity index (χ1n) is 5.46. The van der Waals surface area contributed by atoms with Gasteiger partial charge in [0.15, 0.2) is 0 Å². The van der Waals surface area contributed by atoms with Crippen LogP contribution in [0.15, 0.2) is 40.9 Å². The van der Waals surface area contributed by atoms with Crippen molar-refractivity contribution in [2.45, 2.75) is 4.83 Å². The molecule has 0 aliphatic rings. The van der Waals surface area contributed by atoms with Crippen LogP contribution in [0.2, 0.25) is 10.0 Å². The van der Waals surface area contributed by atoms with Gasteiger partial charge in [-0.3, -0.25) is 0 Å². The minimum Gasteiger partial charge on any atom is -0.497 e. The molecule has 0 saturated carbocycles. The lowest BCUT2D eigenvalue weighted by Crippen LogP contribution is -1.96. The van der Waals surface area contributed by atoms with Gasteiger partial charge in [-0.25, -0.2) is 0 Å². The Morgan fingerprint density at radius 1 is 1.11 bits per heavy atom. The Morgan fingerprint density at radius 2 is 1.84 bits per heavy atom. The molecule has 1 atom stereocenters. The van der Waals surface area contributed by atoms with E-state index in [1.165, 1.54) is 0 Å². The van der Waals surface area contributed by atoms with Gasteiger partial charge in [0.25, 0.3) is 0 Å². The fourth-order valence-corrected chi connectivity index (χ4v) is 3.66. The monoisotopic (exact) mass is 422 g/mol. The van der Waals surface area contributed by atoms with Crippen LogP contribution < -0.4 is 4.74 Å². The number of ether oxygens (including phenoxy) is 1. The topological polar surface area (TPSA) is 9.23 Å². The number of halogens is 4. The second kappa shape index (κ2) is 6.49.